The quantitative estimate of drug-likeness (QED) is 0.805. The lowest BCUT2D eigenvalue weighted by Gasteiger charge is -2.04. The Hall–Kier alpha value is -2.44. The predicted octanol–water partition coefficient (Wildman–Crippen LogP) is 0.397. The molecule has 0 atom stereocenters. The molecule has 2 heterocycles. The first kappa shape index (κ1) is 13.0. The van der Waals surface area contributed by atoms with Crippen LogP contribution in [-0.4, -0.2) is 20.8 Å². The van der Waals surface area contributed by atoms with E-state index in [1.54, 1.807) is 13.8 Å². The maximum atomic E-state index is 11.8. The Morgan fingerprint density at radius 3 is 2.74 bits per heavy atom. The number of nitrogens with zero attached hydrogens (tertiary/aromatic N) is 2. The molecule has 0 aliphatic carbocycles. The van der Waals surface area contributed by atoms with Crippen LogP contribution >= 0.6 is 0 Å². The summed E-state index contributed by atoms with van der Waals surface area (Å²) in [5, 5.41) is 0. The van der Waals surface area contributed by atoms with Gasteiger partial charge in [-0.15, -0.1) is 0 Å². The molecule has 7 nitrogen and oxygen atoms in total. The zero-order chi connectivity index (χ0) is 14.0. The Morgan fingerprint density at radius 2 is 2.16 bits per heavy atom. The number of hydrogen-bond acceptors (Lipinski definition) is 5. The molecule has 0 bridgehead atoms. The lowest BCUT2D eigenvalue weighted by molar-refractivity contribution is -0.108. The lowest BCUT2D eigenvalue weighted by Crippen LogP contribution is -2.30. The summed E-state index contributed by atoms with van der Waals surface area (Å²) in [5.74, 6) is 0.774. The van der Waals surface area contributed by atoms with E-state index in [0.717, 1.165) is 0 Å². The number of aromatic amines is 1. The first-order valence-electron chi connectivity index (χ1n) is 5.74. The summed E-state index contributed by atoms with van der Waals surface area (Å²) in [6.45, 7) is 3.59. The highest BCUT2D eigenvalue weighted by molar-refractivity contribution is 5.57. The molecule has 2 aromatic rings. The number of oxazole rings is 1. The van der Waals surface area contributed by atoms with Crippen molar-refractivity contribution in [3.05, 3.63) is 38.6 Å². The topological polar surface area (TPSA) is 98.0 Å². The van der Waals surface area contributed by atoms with E-state index in [1.165, 1.54) is 10.8 Å². The number of nitrogens with one attached hydrogen (secondary N) is 1. The number of aryl methyl sites for hydroxylation is 3. The van der Waals surface area contributed by atoms with E-state index in [9.17, 15) is 14.4 Å². The monoisotopic (exact) mass is 263 g/mol. The van der Waals surface area contributed by atoms with Crippen LogP contribution in [0.15, 0.2) is 20.2 Å². The van der Waals surface area contributed by atoms with Crippen LogP contribution in [-0.2, 0) is 11.3 Å². The van der Waals surface area contributed by atoms with Gasteiger partial charge in [0.2, 0.25) is 0 Å². The highest BCUT2D eigenvalue weighted by atomic mass is 16.4. The van der Waals surface area contributed by atoms with Gasteiger partial charge in [0.15, 0.2) is 11.7 Å². The van der Waals surface area contributed by atoms with E-state index in [4.69, 9.17) is 4.42 Å². The fourth-order valence-electron chi connectivity index (χ4n) is 1.81. The molecule has 2 rings (SSSR count). The first-order chi connectivity index (χ1) is 9.02. The summed E-state index contributed by atoms with van der Waals surface area (Å²) >= 11 is 0. The first-order valence-corrected chi connectivity index (χ1v) is 5.74. The third-order valence-corrected chi connectivity index (χ3v) is 2.65. The molecule has 0 saturated carbocycles. The minimum absolute atomic E-state index is 0.194. The second-order valence-corrected chi connectivity index (χ2v) is 4.10. The Balaban J connectivity index is 2.57. The molecule has 19 heavy (non-hydrogen) atoms. The van der Waals surface area contributed by atoms with Gasteiger partial charge in [-0.3, -0.25) is 14.3 Å². The van der Waals surface area contributed by atoms with Crippen molar-refractivity contribution >= 4 is 6.29 Å². The van der Waals surface area contributed by atoms with Crippen molar-refractivity contribution in [3.63, 3.8) is 0 Å². The molecule has 0 aromatic carbocycles. The van der Waals surface area contributed by atoms with Crippen LogP contribution < -0.4 is 11.2 Å². The second-order valence-electron chi connectivity index (χ2n) is 4.10. The maximum Gasteiger partial charge on any atom is 0.328 e. The second kappa shape index (κ2) is 5.05. The van der Waals surface area contributed by atoms with Crippen molar-refractivity contribution in [1.82, 2.24) is 14.5 Å². The zero-order valence-corrected chi connectivity index (χ0v) is 10.6. The number of rotatable bonds is 4. The van der Waals surface area contributed by atoms with Crippen LogP contribution in [0.4, 0.5) is 0 Å². The van der Waals surface area contributed by atoms with E-state index in [2.05, 4.69) is 9.97 Å². The number of carbonyl (C=O) groups is 1. The molecule has 100 valence electrons. The molecular formula is C12H13N3O4. The van der Waals surface area contributed by atoms with Gasteiger partial charge in [-0.1, -0.05) is 0 Å². The van der Waals surface area contributed by atoms with Gasteiger partial charge < -0.3 is 9.21 Å². The third-order valence-electron chi connectivity index (χ3n) is 2.65. The summed E-state index contributed by atoms with van der Waals surface area (Å²) in [4.78, 5) is 40.0. The van der Waals surface area contributed by atoms with E-state index in [0.29, 0.717) is 23.6 Å². The van der Waals surface area contributed by atoms with Gasteiger partial charge in [0.05, 0.1) is 5.69 Å². The van der Waals surface area contributed by atoms with Crippen molar-refractivity contribution in [2.24, 2.45) is 0 Å². The van der Waals surface area contributed by atoms with Gasteiger partial charge in [0, 0.05) is 26.1 Å². The molecule has 1 N–H and O–H groups in total. The summed E-state index contributed by atoms with van der Waals surface area (Å²) < 4.78 is 6.63. The molecule has 0 amide bonds. The molecule has 2 aromatic heterocycles. The molecule has 0 saturated heterocycles. The molecular weight excluding hydrogens is 250 g/mol. The predicted molar refractivity (Wildman–Crippen MR) is 67.0 cm³/mol. The van der Waals surface area contributed by atoms with Crippen LogP contribution in [0.25, 0.3) is 11.3 Å². The van der Waals surface area contributed by atoms with Crippen molar-refractivity contribution in [2.45, 2.75) is 26.8 Å². The Morgan fingerprint density at radius 1 is 1.42 bits per heavy atom. The minimum atomic E-state index is -0.551. The van der Waals surface area contributed by atoms with E-state index >= 15 is 0 Å². The van der Waals surface area contributed by atoms with E-state index in [-0.39, 0.29) is 18.5 Å². The van der Waals surface area contributed by atoms with Gasteiger partial charge >= 0.3 is 5.69 Å². The molecule has 0 aliphatic heterocycles. The van der Waals surface area contributed by atoms with Crippen LogP contribution in [0.1, 0.15) is 18.0 Å². The maximum absolute atomic E-state index is 11.8. The highest BCUT2D eigenvalue weighted by Gasteiger charge is 2.15. The number of H-pyrrole nitrogens is 1. The van der Waals surface area contributed by atoms with Crippen LogP contribution in [0.3, 0.4) is 0 Å². The normalized spacial score (nSPS) is 10.6. The third kappa shape index (κ3) is 2.54. The molecule has 0 spiro atoms. The van der Waals surface area contributed by atoms with Crippen LogP contribution in [0.5, 0.6) is 0 Å². The van der Waals surface area contributed by atoms with E-state index in [1.807, 2.05) is 0 Å². The van der Waals surface area contributed by atoms with Gasteiger partial charge in [-0.05, 0) is 6.92 Å². The minimum Gasteiger partial charge on any atom is -0.440 e. The lowest BCUT2D eigenvalue weighted by atomic mass is 10.2. The average Bonchev–Trinajstić information content (AvgIpc) is 2.67. The molecule has 0 unspecified atom stereocenters. The van der Waals surface area contributed by atoms with Crippen LogP contribution in [0, 0.1) is 13.8 Å². The van der Waals surface area contributed by atoms with Crippen molar-refractivity contribution in [2.75, 3.05) is 0 Å². The largest absolute Gasteiger partial charge is 0.440 e. The summed E-state index contributed by atoms with van der Waals surface area (Å²) in [7, 11) is 0. The summed E-state index contributed by atoms with van der Waals surface area (Å²) in [6, 6.07) is 0. The standard InChI is InChI=1S/C12H13N3O4/c1-7-10(19-8(2)13-7)9-6-15(4-3-5-16)12(18)14-11(9)17/h5-6H,3-4H2,1-2H3,(H,14,17,18). The fourth-order valence-corrected chi connectivity index (χ4v) is 1.81. The van der Waals surface area contributed by atoms with Crippen LogP contribution in [0.2, 0.25) is 0 Å². The number of aldehydes is 1. The van der Waals surface area contributed by atoms with Crippen molar-refractivity contribution in [3.8, 4) is 11.3 Å². The van der Waals surface area contributed by atoms with Crippen molar-refractivity contribution < 1.29 is 9.21 Å². The summed E-state index contributed by atoms with van der Waals surface area (Å²) in [6.07, 6.45) is 2.29. The number of hydrogen-bond donors (Lipinski definition) is 1. The fraction of sp³-hybridized carbons (Fsp3) is 0.333. The molecule has 7 heteroatoms. The molecule has 0 fully saturated rings. The molecule has 0 aliphatic rings. The SMILES string of the molecule is Cc1nc(C)c(-c2cn(CCC=O)c(=O)[nH]c2=O)o1. The van der Waals surface area contributed by atoms with Gasteiger partial charge in [0.25, 0.3) is 5.56 Å². The Kier molecular flexibility index (Phi) is 3.46. The highest BCUT2D eigenvalue weighted by Crippen LogP contribution is 2.20. The average molecular weight is 263 g/mol. The number of aromatic nitrogens is 3. The van der Waals surface area contributed by atoms with Gasteiger partial charge in [-0.2, -0.15) is 0 Å². The Labute approximate surface area is 107 Å². The summed E-state index contributed by atoms with van der Waals surface area (Å²) in [5.41, 5.74) is -0.289. The van der Waals surface area contributed by atoms with Gasteiger partial charge in [-0.25, -0.2) is 9.78 Å². The van der Waals surface area contributed by atoms with E-state index < -0.39 is 11.2 Å². The Bertz CT molecular complexity index is 723. The smallest absolute Gasteiger partial charge is 0.328 e. The molecule has 0 radical (unpaired) electrons. The zero-order valence-electron chi connectivity index (χ0n) is 10.6. The number of carbonyl (C=O) groups excluding carboxylic acids is 1. The van der Waals surface area contributed by atoms with Crippen molar-refractivity contribution in [1.29, 1.82) is 0 Å². The van der Waals surface area contributed by atoms with Gasteiger partial charge in [0.1, 0.15) is 11.8 Å².